The van der Waals surface area contributed by atoms with Crippen molar-refractivity contribution in [2.75, 3.05) is 13.2 Å². The SMILES string of the molecule is CCCOc1ccc(-c2ccc(Cl)cc2)cc1C(=O)N[C@H](CO)Cc1c[nH]c2ccccc12.[HH]. The number of rotatable bonds is 9. The highest BCUT2D eigenvalue weighted by molar-refractivity contribution is 6.30. The van der Waals surface area contributed by atoms with Crippen LogP contribution in [0, 0.1) is 0 Å². The van der Waals surface area contributed by atoms with Gasteiger partial charge in [0.25, 0.3) is 5.91 Å². The second-order valence-corrected chi connectivity index (χ2v) is 8.42. The summed E-state index contributed by atoms with van der Waals surface area (Å²) in [7, 11) is 0. The fraction of sp³-hybridized carbons (Fsp3) is 0.222. The normalized spacial score (nSPS) is 12.0. The van der Waals surface area contributed by atoms with E-state index in [4.69, 9.17) is 16.3 Å². The topological polar surface area (TPSA) is 74.3 Å². The Kier molecular flexibility index (Phi) is 7.33. The number of carbonyl (C=O) groups is 1. The van der Waals surface area contributed by atoms with Gasteiger partial charge < -0.3 is 20.1 Å². The summed E-state index contributed by atoms with van der Waals surface area (Å²) >= 11 is 6.02. The molecular weight excluding hydrogens is 436 g/mol. The predicted molar refractivity (Wildman–Crippen MR) is 135 cm³/mol. The molecule has 1 atom stereocenters. The minimum atomic E-state index is -0.435. The van der Waals surface area contributed by atoms with Gasteiger partial charge >= 0.3 is 0 Å². The molecule has 4 rings (SSSR count). The highest BCUT2D eigenvalue weighted by atomic mass is 35.5. The monoisotopic (exact) mass is 464 g/mol. The number of H-pyrrole nitrogens is 1. The van der Waals surface area contributed by atoms with Gasteiger partial charge in [-0.1, -0.05) is 54.9 Å². The Bertz CT molecular complexity index is 1240. The molecule has 33 heavy (non-hydrogen) atoms. The van der Waals surface area contributed by atoms with Crippen molar-refractivity contribution in [1.29, 1.82) is 0 Å². The number of aliphatic hydroxyl groups is 1. The molecule has 0 aliphatic rings. The zero-order valence-electron chi connectivity index (χ0n) is 18.5. The van der Waals surface area contributed by atoms with Gasteiger partial charge in [-0.15, -0.1) is 0 Å². The molecule has 0 bridgehead atoms. The van der Waals surface area contributed by atoms with Crippen molar-refractivity contribution in [3.63, 3.8) is 0 Å². The second-order valence-electron chi connectivity index (χ2n) is 7.98. The standard InChI is InChI=1S/C27H27ClN2O3.H2/c1-2-13-33-26-12-9-19(18-7-10-21(28)11-8-18)15-24(26)27(32)30-22(17-31)14-20-16-29-25-6-4-3-5-23(20)25;/h3-12,15-16,22,29,31H,2,13-14,17H2,1H3,(H,30,32);1H/t22-;/m0./s1. The Morgan fingerprint density at radius 2 is 1.88 bits per heavy atom. The molecule has 0 aliphatic heterocycles. The van der Waals surface area contributed by atoms with Crippen LogP contribution >= 0.6 is 11.6 Å². The summed E-state index contributed by atoms with van der Waals surface area (Å²) in [6, 6.07) is 20.6. The first-order chi connectivity index (χ1) is 16.1. The fourth-order valence-corrected chi connectivity index (χ4v) is 3.98. The van der Waals surface area contributed by atoms with E-state index < -0.39 is 6.04 Å². The molecule has 0 saturated heterocycles. The minimum absolute atomic E-state index is 0. The number of aromatic amines is 1. The maximum absolute atomic E-state index is 13.3. The van der Waals surface area contributed by atoms with Crippen molar-refractivity contribution >= 4 is 28.4 Å². The van der Waals surface area contributed by atoms with Crippen LogP contribution in [-0.4, -0.2) is 35.3 Å². The lowest BCUT2D eigenvalue weighted by atomic mass is 10.0. The number of ether oxygens (including phenoxy) is 1. The van der Waals surface area contributed by atoms with Crippen LogP contribution in [0.25, 0.3) is 22.0 Å². The largest absolute Gasteiger partial charge is 0.493 e. The maximum atomic E-state index is 13.3. The Hall–Kier alpha value is -3.28. The van der Waals surface area contributed by atoms with Crippen molar-refractivity contribution in [3.05, 3.63) is 89.1 Å². The number of halogens is 1. The van der Waals surface area contributed by atoms with Gasteiger partial charge in [-0.2, -0.15) is 0 Å². The summed E-state index contributed by atoms with van der Waals surface area (Å²) < 4.78 is 5.85. The summed E-state index contributed by atoms with van der Waals surface area (Å²) in [6.07, 6.45) is 3.27. The van der Waals surface area contributed by atoms with Crippen LogP contribution < -0.4 is 10.1 Å². The number of nitrogens with one attached hydrogen (secondary N) is 2. The third-order valence-corrected chi connectivity index (χ3v) is 5.81. The summed E-state index contributed by atoms with van der Waals surface area (Å²) in [4.78, 5) is 16.5. The number of benzene rings is 3. The molecule has 0 spiro atoms. The third-order valence-electron chi connectivity index (χ3n) is 5.56. The molecule has 0 fully saturated rings. The number of hydrogen-bond acceptors (Lipinski definition) is 3. The highest BCUT2D eigenvalue weighted by Crippen LogP contribution is 2.28. The van der Waals surface area contributed by atoms with Gasteiger partial charge in [0.1, 0.15) is 5.75 Å². The lowest BCUT2D eigenvalue weighted by Gasteiger charge is -2.18. The van der Waals surface area contributed by atoms with Gasteiger partial charge in [-0.25, -0.2) is 0 Å². The van der Waals surface area contributed by atoms with E-state index in [1.54, 1.807) is 0 Å². The molecule has 0 radical (unpaired) electrons. The molecule has 4 aromatic rings. The van der Waals surface area contributed by atoms with Crippen molar-refractivity contribution in [2.45, 2.75) is 25.8 Å². The first kappa shape index (κ1) is 22.9. The van der Waals surface area contributed by atoms with Crippen LogP contribution in [0.3, 0.4) is 0 Å². The number of para-hydroxylation sites is 1. The van der Waals surface area contributed by atoms with Crippen molar-refractivity contribution in [3.8, 4) is 16.9 Å². The van der Waals surface area contributed by atoms with Crippen LogP contribution in [0.1, 0.15) is 30.7 Å². The van der Waals surface area contributed by atoms with Gasteiger partial charge in [-0.3, -0.25) is 4.79 Å². The van der Waals surface area contributed by atoms with Gasteiger partial charge in [-0.05, 0) is 59.9 Å². The highest BCUT2D eigenvalue weighted by Gasteiger charge is 2.19. The summed E-state index contributed by atoms with van der Waals surface area (Å²) in [5.41, 5.74) is 4.35. The van der Waals surface area contributed by atoms with E-state index in [9.17, 15) is 9.90 Å². The molecule has 0 aliphatic carbocycles. The van der Waals surface area contributed by atoms with E-state index in [0.717, 1.165) is 34.0 Å². The lowest BCUT2D eigenvalue weighted by molar-refractivity contribution is 0.0912. The Morgan fingerprint density at radius 3 is 2.64 bits per heavy atom. The van der Waals surface area contributed by atoms with Crippen molar-refractivity contribution in [1.82, 2.24) is 10.3 Å². The third kappa shape index (κ3) is 5.38. The predicted octanol–water partition coefficient (Wildman–Crippen LogP) is 5.86. The second kappa shape index (κ2) is 10.6. The molecule has 1 amide bonds. The average molecular weight is 465 g/mol. The van der Waals surface area contributed by atoms with E-state index in [1.807, 2.05) is 79.9 Å². The van der Waals surface area contributed by atoms with E-state index in [-0.39, 0.29) is 13.9 Å². The molecule has 1 aromatic heterocycles. The van der Waals surface area contributed by atoms with Gasteiger partial charge in [0.05, 0.1) is 24.8 Å². The van der Waals surface area contributed by atoms with Crippen molar-refractivity contribution in [2.24, 2.45) is 0 Å². The quantitative estimate of drug-likeness (QED) is 0.290. The maximum Gasteiger partial charge on any atom is 0.255 e. The molecule has 1 heterocycles. The molecule has 3 N–H and O–H groups in total. The average Bonchev–Trinajstić information content (AvgIpc) is 3.25. The van der Waals surface area contributed by atoms with E-state index in [1.165, 1.54) is 0 Å². The summed E-state index contributed by atoms with van der Waals surface area (Å²) in [5.74, 6) is 0.242. The zero-order chi connectivity index (χ0) is 23.2. The van der Waals surface area contributed by atoms with Gasteiger partial charge in [0, 0.05) is 23.5 Å². The molecular formula is C27H29ClN2O3. The fourth-order valence-electron chi connectivity index (χ4n) is 3.86. The summed E-state index contributed by atoms with van der Waals surface area (Å²) in [5, 5.41) is 14.7. The number of hydrogen-bond donors (Lipinski definition) is 3. The number of aromatic nitrogens is 1. The van der Waals surface area contributed by atoms with Crippen LogP contribution in [0.4, 0.5) is 0 Å². The Morgan fingerprint density at radius 1 is 1.12 bits per heavy atom. The molecule has 5 nitrogen and oxygen atoms in total. The van der Waals surface area contributed by atoms with Gasteiger partial charge in [0.2, 0.25) is 0 Å². The van der Waals surface area contributed by atoms with Crippen LogP contribution in [0.2, 0.25) is 5.02 Å². The lowest BCUT2D eigenvalue weighted by Crippen LogP contribution is -2.39. The molecule has 6 heteroatoms. The molecule has 0 unspecified atom stereocenters. The minimum Gasteiger partial charge on any atom is -0.493 e. The van der Waals surface area contributed by atoms with Crippen LogP contribution in [0.5, 0.6) is 5.75 Å². The van der Waals surface area contributed by atoms with Crippen molar-refractivity contribution < 1.29 is 16.1 Å². The number of aliphatic hydroxyl groups excluding tert-OH is 1. The smallest absolute Gasteiger partial charge is 0.255 e. The van der Waals surface area contributed by atoms with Crippen LogP contribution in [0.15, 0.2) is 72.9 Å². The Balaban J connectivity index is 0.00000324. The number of carbonyl (C=O) groups excluding carboxylic acids is 1. The Labute approximate surface area is 199 Å². The van der Waals surface area contributed by atoms with E-state index in [2.05, 4.69) is 10.3 Å². The molecule has 0 saturated carbocycles. The summed E-state index contributed by atoms with van der Waals surface area (Å²) in [6.45, 7) is 2.36. The molecule has 172 valence electrons. The van der Waals surface area contributed by atoms with E-state index in [0.29, 0.717) is 29.4 Å². The molecule has 3 aromatic carbocycles. The van der Waals surface area contributed by atoms with Crippen LogP contribution in [-0.2, 0) is 6.42 Å². The number of amides is 1. The van der Waals surface area contributed by atoms with Gasteiger partial charge in [0.15, 0.2) is 0 Å². The first-order valence-corrected chi connectivity index (χ1v) is 11.5. The first-order valence-electron chi connectivity index (χ1n) is 11.1. The van der Waals surface area contributed by atoms with E-state index >= 15 is 0 Å². The number of fused-ring (bicyclic) bond motifs is 1. The zero-order valence-corrected chi connectivity index (χ0v) is 19.2.